The third-order valence-electron chi connectivity index (χ3n) is 4.37. The second kappa shape index (κ2) is 8.59. The molecule has 0 unspecified atom stereocenters. The number of amides is 1. The molecule has 2 N–H and O–H groups in total. The molecular weight excluding hydrogens is 386 g/mol. The molecule has 3 rings (SSSR count). The fourth-order valence-electron chi connectivity index (χ4n) is 2.79. The second-order valence-electron chi connectivity index (χ2n) is 6.38. The highest BCUT2D eigenvalue weighted by Crippen LogP contribution is 2.23. The zero-order valence-electron chi connectivity index (χ0n) is 15.7. The van der Waals surface area contributed by atoms with Gasteiger partial charge in [-0.2, -0.15) is 5.26 Å². The summed E-state index contributed by atoms with van der Waals surface area (Å²) in [6.45, 7) is 1.69. The summed E-state index contributed by atoms with van der Waals surface area (Å²) >= 11 is 0. The topological polar surface area (TPSA) is 99.1 Å². The first kappa shape index (κ1) is 20.1. The molecule has 6 nitrogen and oxygen atoms in total. The summed E-state index contributed by atoms with van der Waals surface area (Å²) in [5.74, 6) is -0.351. The van der Waals surface area contributed by atoms with Gasteiger partial charge >= 0.3 is 0 Å². The Morgan fingerprint density at radius 1 is 0.966 bits per heavy atom. The number of sulfonamides is 1. The van der Waals surface area contributed by atoms with E-state index in [1.165, 1.54) is 12.1 Å². The lowest BCUT2D eigenvalue weighted by molar-refractivity contribution is 0.102. The summed E-state index contributed by atoms with van der Waals surface area (Å²) in [6.07, 6.45) is 0.303. The molecular formula is C22H19N3O3S. The van der Waals surface area contributed by atoms with Gasteiger partial charge in [0, 0.05) is 11.3 Å². The van der Waals surface area contributed by atoms with Gasteiger partial charge in [0.15, 0.2) is 0 Å². The zero-order valence-corrected chi connectivity index (χ0v) is 16.5. The van der Waals surface area contributed by atoms with Crippen LogP contribution in [0.25, 0.3) is 0 Å². The summed E-state index contributed by atoms with van der Waals surface area (Å²) in [7, 11) is -3.76. The monoisotopic (exact) mass is 405 g/mol. The highest BCUT2D eigenvalue weighted by Gasteiger charge is 2.18. The Hall–Kier alpha value is -3.63. The van der Waals surface area contributed by atoms with Crippen LogP contribution in [0.2, 0.25) is 0 Å². The standard InChI is InChI=1S/C22H19N3O3S/c1-16-20(22(26)24-18-12-10-17(11-13-18)14-15-23)8-5-9-21(16)25-29(27,28)19-6-3-2-4-7-19/h2-13,25H,14H2,1H3,(H,24,26). The SMILES string of the molecule is Cc1c(NS(=O)(=O)c2ccccc2)cccc1C(=O)Nc1ccc(CC#N)cc1. The molecule has 0 saturated carbocycles. The minimum atomic E-state index is -3.76. The van der Waals surface area contributed by atoms with Gasteiger partial charge in [-0.25, -0.2) is 8.42 Å². The van der Waals surface area contributed by atoms with Crippen molar-refractivity contribution in [3.05, 3.63) is 89.5 Å². The fraction of sp³-hybridized carbons (Fsp3) is 0.0909. The Balaban J connectivity index is 1.81. The first-order valence-corrected chi connectivity index (χ1v) is 10.3. The molecule has 0 spiro atoms. The summed E-state index contributed by atoms with van der Waals surface area (Å²) in [5, 5.41) is 11.5. The number of carbonyl (C=O) groups is 1. The third kappa shape index (κ3) is 4.81. The van der Waals surface area contributed by atoms with Crippen molar-refractivity contribution in [3.8, 4) is 6.07 Å². The van der Waals surface area contributed by atoms with E-state index in [4.69, 9.17) is 5.26 Å². The predicted molar refractivity (Wildman–Crippen MR) is 112 cm³/mol. The molecule has 0 aromatic heterocycles. The Morgan fingerprint density at radius 3 is 2.31 bits per heavy atom. The van der Waals surface area contributed by atoms with Gasteiger partial charge in [0.25, 0.3) is 15.9 Å². The number of hydrogen-bond acceptors (Lipinski definition) is 4. The Kier molecular flexibility index (Phi) is 5.96. The quantitative estimate of drug-likeness (QED) is 0.644. The van der Waals surface area contributed by atoms with E-state index < -0.39 is 10.0 Å². The first-order chi connectivity index (χ1) is 13.9. The van der Waals surface area contributed by atoms with Gasteiger partial charge in [0.05, 0.1) is 23.1 Å². The molecule has 29 heavy (non-hydrogen) atoms. The van der Waals surface area contributed by atoms with Crippen molar-refractivity contribution >= 4 is 27.3 Å². The van der Waals surface area contributed by atoms with E-state index in [0.717, 1.165) is 5.56 Å². The predicted octanol–water partition coefficient (Wildman–Crippen LogP) is 4.11. The molecule has 0 atom stereocenters. The van der Waals surface area contributed by atoms with Gasteiger partial charge in [0.1, 0.15) is 0 Å². The van der Waals surface area contributed by atoms with Crippen molar-refractivity contribution in [1.82, 2.24) is 0 Å². The molecule has 0 radical (unpaired) electrons. The van der Waals surface area contributed by atoms with Crippen LogP contribution in [0.1, 0.15) is 21.5 Å². The van der Waals surface area contributed by atoms with E-state index in [0.29, 0.717) is 28.9 Å². The minimum Gasteiger partial charge on any atom is -0.322 e. The summed E-state index contributed by atoms with van der Waals surface area (Å²) in [6, 6.07) is 22.0. The summed E-state index contributed by atoms with van der Waals surface area (Å²) in [4.78, 5) is 12.8. The third-order valence-corrected chi connectivity index (χ3v) is 5.75. The molecule has 146 valence electrons. The van der Waals surface area contributed by atoms with Crippen molar-refractivity contribution in [1.29, 1.82) is 5.26 Å². The fourth-order valence-corrected chi connectivity index (χ4v) is 3.94. The molecule has 0 aliphatic heterocycles. The largest absolute Gasteiger partial charge is 0.322 e. The van der Waals surface area contributed by atoms with Gasteiger partial charge in [-0.3, -0.25) is 9.52 Å². The van der Waals surface area contributed by atoms with Crippen LogP contribution in [0.4, 0.5) is 11.4 Å². The van der Waals surface area contributed by atoms with E-state index in [-0.39, 0.29) is 10.8 Å². The molecule has 0 fully saturated rings. The molecule has 0 bridgehead atoms. The Morgan fingerprint density at radius 2 is 1.66 bits per heavy atom. The van der Waals surface area contributed by atoms with Crippen LogP contribution in [-0.2, 0) is 16.4 Å². The van der Waals surface area contributed by atoms with Gasteiger partial charge in [-0.05, 0) is 54.4 Å². The van der Waals surface area contributed by atoms with Gasteiger partial charge in [0.2, 0.25) is 0 Å². The van der Waals surface area contributed by atoms with E-state index >= 15 is 0 Å². The van der Waals surface area contributed by atoms with Gasteiger partial charge < -0.3 is 5.32 Å². The lowest BCUT2D eigenvalue weighted by Crippen LogP contribution is -2.17. The van der Waals surface area contributed by atoms with E-state index in [1.54, 1.807) is 67.6 Å². The van der Waals surface area contributed by atoms with Crippen molar-refractivity contribution < 1.29 is 13.2 Å². The van der Waals surface area contributed by atoms with Crippen molar-refractivity contribution in [3.63, 3.8) is 0 Å². The number of nitrogens with zero attached hydrogens (tertiary/aromatic N) is 1. The summed E-state index contributed by atoms with van der Waals surface area (Å²) < 4.78 is 27.7. The van der Waals surface area contributed by atoms with Gasteiger partial charge in [-0.15, -0.1) is 0 Å². The van der Waals surface area contributed by atoms with Crippen LogP contribution in [0.3, 0.4) is 0 Å². The smallest absolute Gasteiger partial charge is 0.261 e. The maximum absolute atomic E-state index is 12.7. The molecule has 0 aliphatic rings. The van der Waals surface area contributed by atoms with Crippen molar-refractivity contribution in [2.24, 2.45) is 0 Å². The van der Waals surface area contributed by atoms with Crippen LogP contribution in [-0.4, -0.2) is 14.3 Å². The van der Waals surface area contributed by atoms with E-state index in [9.17, 15) is 13.2 Å². The lowest BCUT2D eigenvalue weighted by Gasteiger charge is -2.14. The average Bonchev–Trinajstić information content (AvgIpc) is 2.72. The number of nitrogens with one attached hydrogen (secondary N) is 2. The van der Waals surface area contributed by atoms with E-state index in [1.807, 2.05) is 0 Å². The highest BCUT2D eigenvalue weighted by molar-refractivity contribution is 7.92. The highest BCUT2D eigenvalue weighted by atomic mass is 32.2. The zero-order chi connectivity index (χ0) is 20.9. The number of anilines is 2. The molecule has 3 aromatic rings. The first-order valence-electron chi connectivity index (χ1n) is 8.85. The van der Waals surface area contributed by atoms with Crippen LogP contribution in [0.15, 0.2) is 77.7 Å². The number of carbonyl (C=O) groups excluding carboxylic acids is 1. The van der Waals surface area contributed by atoms with E-state index in [2.05, 4.69) is 16.1 Å². The van der Waals surface area contributed by atoms with Crippen molar-refractivity contribution in [2.75, 3.05) is 10.0 Å². The maximum atomic E-state index is 12.7. The maximum Gasteiger partial charge on any atom is 0.261 e. The molecule has 3 aromatic carbocycles. The normalized spacial score (nSPS) is 10.8. The van der Waals surface area contributed by atoms with Crippen LogP contribution in [0.5, 0.6) is 0 Å². The number of benzene rings is 3. The minimum absolute atomic E-state index is 0.145. The van der Waals surface area contributed by atoms with Crippen LogP contribution in [0, 0.1) is 18.3 Å². The molecule has 0 saturated heterocycles. The van der Waals surface area contributed by atoms with Crippen molar-refractivity contribution in [2.45, 2.75) is 18.2 Å². The van der Waals surface area contributed by atoms with Gasteiger partial charge in [-0.1, -0.05) is 36.4 Å². The van der Waals surface area contributed by atoms with Crippen LogP contribution < -0.4 is 10.0 Å². The molecule has 1 amide bonds. The molecule has 7 heteroatoms. The second-order valence-corrected chi connectivity index (χ2v) is 8.07. The summed E-state index contributed by atoms with van der Waals surface area (Å²) in [5.41, 5.74) is 2.67. The average molecular weight is 405 g/mol. The lowest BCUT2D eigenvalue weighted by atomic mass is 10.1. The number of nitriles is 1. The molecule has 0 heterocycles. The number of hydrogen-bond donors (Lipinski definition) is 2. The Labute approximate surface area is 169 Å². The van der Waals surface area contributed by atoms with Crippen LogP contribution >= 0.6 is 0 Å². The Bertz CT molecular complexity index is 1170. The molecule has 0 aliphatic carbocycles. The number of rotatable bonds is 6.